The molecule has 1 saturated carbocycles. The fourth-order valence-electron chi connectivity index (χ4n) is 2.74. The summed E-state index contributed by atoms with van der Waals surface area (Å²) in [6.45, 7) is 3.54. The largest absolute Gasteiger partial charge is 0.481 e. The summed E-state index contributed by atoms with van der Waals surface area (Å²) in [4.78, 5) is 13.4. The van der Waals surface area contributed by atoms with E-state index in [1.54, 1.807) is 0 Å². The van der Waals surface area contributed by atoms with Crippen LogP contribution in [0.25, 0.3) is 0 Å². The van der Waals surface area contributed by atoms with Crippen LogP contribution in [-0.2, 0) is 11.3 Å². The quantitative estimate of drug-likeness (QED) is 0.869. The SMILES string of the molecule is Cc1cccc(CN(C)CC2(C(=O)O)CCC2)c1. The molecule has 1 aromatic carbocycles. The number of aryl methyl sites for hydroxylation is 1. The second-order valence-electron chi connectivity index (χ2n) is 5.60. The molecule has 1 aliphatic rings. The van der Waals surface area contributed by atoms with Crippen molar-refractivity contribution in [2.45, 2.75) is 32.7 Å². The van der Waals surface area contributed by atoms with Crippen molar-refractivity contribution in [3.05, 3.63) is 35.4 Å². The van der Waals surface area contributed by atoms with Gasteiger partial charge in [0.1, 0.15) is 0 Å². The number of hydrogen-bond donors (Lipinski definition) is 1. The number of aliphatic carboxylic acids is 1. The van der Waals surface area contributed by atoms with Crippen molar-refractivity contribution < 1.29 is 9.90 Å². The predicted octanol–water partition coefficient (Wildman–Crippen LogP) is 2.68. The van der Waals surface area contributed by atoms with Gasteiger partial charge in [0.15, 0.2) is 0 Å². The van der Waals surface area contributed by atoms with Gasteiger partial charge in [-0.25, -0.2) is 0 Å². The molecular formula is C15H21NO2. The van der Waals surface area contributed by atoms with Gasteiger partial charge in [-0.1, -0.05) is 36.2 Å². The van der Waals surface area contributed by atoms with Crippen molar-refractivity contribution >= 4 is 5.97 Å². The molecule has 0 bridgehead atoms. The van der Waals surface area contributed by atoms with Gasteiger partial charge in [-0.2, -0.15) is 0 Å². The van der Waals surface area contributed by atoms with Crippen LogP contribution in [0.4, 0.5) is 0 Å². The van der Waals surface area contributed by atoms with Crippen molar-refractivity contribution in [2.75, 3.05) is 13.6 Å². The first-order chi connectivity index (χ1) is 8.52. The lowest BCUT2D eigenvalue weighted by Gasteiger charge is -2.40. The molecule has 0 aromatic heterocycles. The summed E-state index contributed by atoms with van der Waals surface area (Å²) in [5.74, 6) is -0.634. The van der Waals surface area contributed by atoms with Gasteiger partial charge in [0.2, 0.25) is 0 Å². The summed E-state index contributed by atoms with van der Waals surface area (Å²) in [5, 5.41) is 9.32. The number of carbonyl (C=O) groups is 1. The third kappa shape index (κ3) is 2.72. The molecule has 0 amide bonds. The number of carboxylic acids is 1. The monoisotopic (exact) mass is 247 g/mol. The first kappa shape index (κ1) is 13.1. The average molecular weight is 247 g/mol. The Hall–Kier alpha value is -1.35. The van der Waals surface area contributed by atoms with Crippen LogP contribution in [0.5, 0.6) is 0 Å². The topological polar surface area (TPSA) is 40.5 Å². The van der Waals surface area contributed by atoms with Gasteiger partial charge in [-0.05, 0) is 32.4 Å². The van der Waals surface area contributed by atoms with Crippen LogP contribution in [0.15, 0.2) is 24.3 Å². The minimum Gasteiger partial charge on any atom is -0.481 e. The minimum absolute atomic E-state index is 0.488. The summed E-state index contributed by atoms with van der Waals surface area (Å²) >= 11 is 0. The highest BCUT2D eigenvalue weighted by molar-refractivity contribution is 5.76. The van der Waals surface area contributed by atoms with E-state index in [0.717, 1.165) is 25.8 Å². The molecule has 0 saturated heterocycles. The Morgan fingerprint density at radius 1 is 1.44 bits per heavy atom. The summed E-state index contributed by atoms with van der Waals surface area (Å²) < 4.78 is 0. The molecule has 18 heavy (non-hydrogen) atoms. The van der Waals surface area contributed by atoms with E-state index in [9.17, 15) is 9.90 Å². The Balaban J connectivity index is 1.96. The van der Waals surface area contributed by atoms with Crippen molar-refractivity contribution in [3.8, 4) is 0 Å². The number of rotatable bonds is 5. The zero-order valence-electron chi connectivity index (χ0n) is 11.1. The normalized spacial score (nSPS) is 17.5. The maximum atomic E-state index is 11.3. The second kappa shape index (κ2) is 5.11. The molecule has 0 radical (unpaired) electrons. The van der Waals surface area contributed by atoms with Crippen molar-refractivity contribution in [2.24, 2.45) is 5.41 Å². The van der Waals surface area contributed by atoms with E-state index >= 15 is 0 Å². The molecular weight excluding hydrogens is 226 g/mol. The molecule has 98 valence electrons. The molecule has 1 aliphatic carbocycles. The fraction of sp³-hybridized carbons (Fsp3) is 0.533. The van der Waals surface area contributed by atoms with Crippen molar-refractivity contribution in [3.63, 3.8) is 0 Å². The minimum atomic E-state index is -0.634. The number of nitrogens with zero attached hydrogens (tertiary/aromatic N) is 1. The average Bonchev–Trinajstić information content (AvgIpc) is 2.23. The van der Waals surface area contributed by atoms with Gasteiger partial charge in [0.05, 0.1) is 5.41 Å². The second-order valence-corrected chi connectivity index (χ2v) is 5.60. The summed E-state index contributed by atoms with van der Waals surface area (Å²) in [7, 11) is 2.01. The van der Waals surface area contributed by atoms with Gasteiger partial charge in [0.25, 0.3) is 0 Å². The van der Waals surface area contributed by atoms with Crippen molar-refractivity contribution in [1.29, 1.82) is 0 Å². The summed E-state index contributed by atoms with van der Waals surface area (Å²) in [6, 6.07) is 8.38. The lowest BCUT2D eigenvalue weighted by molar-refractivity contribution is -0.156. The van der Waals surface area contributed by atoms with Gasteiger partial charge in [-0.3, -0.25) is 4.79 Å². The first-order valence-corrected chi connectivity index (χ1v) is 6.49. The molecule has 3 heteroatoms. The molecule has 2 rings (SSSR count). The summed E-state index contributed by atoms with van der Waals surface area (Å²) in [6.07, 6.45) is 2.69. The van der Waals surface area contributed by atoms with E-state index in [4.69, 9.17) is 0 Å². The Bertz CT molecular complexity index is 438. The molecule has 0 atom stereocenters. The van der Waals surface area contributed by atoms with Crippen LogP contribution in [-0.4, -0.2) is 29.6 Å². The highest BCUT2D eigenvalue weighted by atomic mass is 16.4. The zero-order valence-corrected chi connectivity index (χ0v) is 11.1. The number of carboxylic acid groups (broad SMARTS) is 1. The summed E-state index contributed by atoms with van der Waals surface area (Å²) in [5.41, 5.74) is 2.01. The van der Waals surface area contributed by atoms with E-state index < -0.39 is 11.4 Å². The van der Waals surface area contributed by atoms with Crippen LogP contribution in [0, 0.1) is 12.3 Å². The van der Waals surface area contributed by atoms with Crippen LogP contribution < -0.4 is 0 Å². The Morgan fingerprint density at radius 2 is 2.17 bits per heavy atom. The number of hydrogen-bond acceptors (Lipinski definition) is 2. The van der Waals surface area contributed by atoms with Gasteiger partial charge in [-0.15, -0.1) is 0 Å². The third-order valence-electron chi connectivity index (χ3n) is 3.87. The standard InChI is InChI=1S/C15H21NO2/c1-12-5-3-6-13(9-12)10-16(2)11-15(14(17)18)7-4-8-15/h3,5-6,9H,4,7-8,10-11H2,1-2H3,(H,17,18). The van der Waals surface area contributed by atoms with Crippen LogP contribution in [0.3, 0.4) is 0 Å². The molecule has 0 heterocycles. The molecule has 0 spiro atoms. The van der Waals surface area contributed by atoms with E-state index in [2.05, 4.69) is 36.1 Å². The lowest BCUT2D eigenvalue weighted by Crippen LogP contribution is -2.46. The van der Waals surface area contributed by atoms with E-state index in [1.165, 1.54) is 11.1 Å². The van der Waals surface area contributed by atoms with Crippen LogP contribution >= 0.6 is 0 Å². The molecule has 0 unspecified atom stereocenters. The van der Waals surface area contributed by atoms with Crippen LogP contribution in [0.1, 0.15) is 30.4 Å². The first-order valence-electron chi connectivity index (χ1n) is 6.49. The van der Waals surface area contributed by atoms with Gasteiger partial charge in [0, 0.05) is 13.1 Å². The Morgan fingerprint density at radius 3 is 2.67 bits per heavy atom. The van der Waals surface area contributed by atoms with E-state index in [0.29, 0.717) is 6.54 Å². The molecule has 0 aliphatic heterocycles. The van der Waals surface area contributed by atoms with Gasteiger partial charge >= 0.3 is 5.97 Å². The number of benzene rings is 1. The maximum absolute atomic E-state index is 11.3. The smallest absolute Gasteiger partial charge is 0.310 e. The molecule has 3 nitrogen and oxygen atoms in total. The lowest BCUT2D eigenvalue weighted by atomic mass is 9.68. The van der Waals surface area contributed by atoms with Crippen molar-refractivity contribution in [1.82, 2.24) is 4.90 Å². The fourth-order valence-corrected chi connectivity index (χ4v) is 2.74. The maximum Gasteiger partial charge on any atom is 0.310 e. The van der Waals surface area contributed by atoms with Gasteiger partial charge < -0.3 is 10.0 Å². The molecule has 1 N–H and O–H groups in total. The third-order valence-corrected chi connectivity index (χ3v) is 3.87. The Kier molecular flexibility index (Phi) is 3.71. The van der Waals surface area contributed by atoms with E-state index in [1.807, 2.05) is 7.05 Å². The zero-order chi connectivity index (χ0) is 13.2. The molecule has 1 aromatic rings. The van der Waals surface area contributed by atoms with Crippen LogP contribution in [0.2, 0.25) is 0 Å². The van der Waals surface area contributed by atoms with E-state index in [-0.39, 0.29) is 0 Å². The predicted molar refractivity (Wildman–Crippen MR) is 71.4 cm³/mol. The highest BCUT2D eigenvalue weighted by Crippen LogP contribution is 2.41. The Labute approximate surface area is 108 Å². The highest BCUT2D eigenvalue weighted by Gasteiger charge is 2.44. The molecule has 1 fully saturated rings.